The van der Waals surface area contributed by atoms with E-state index < -0.39 is 17.5 Å². The van der Waals surface area contributed by atoms with Crippen LogP contribution < -0.4 is 15.0 Å². The maximum Gasteiger partial charge on any atom is 0.264 e. The molecule has 0 saturated heterocycles. The van der Waals surface area contributed by atoms with Crippen molar-refractivity contribution in [3.05, 3.63) is 45.0 Å². The van der Waals surface area contributed by atoms with Crippen LogP contribution in [-0.4, -0.2) is 28.8 Å². The van der Waals surface area contributed by atoms with E-state index in [0.29, 0.717) is 23.6 Å². The largest absolute Gasteiger partial charge is 0.493 e. The van der Waals surface area contributed by atoms with E-state index >= 15 is 0 Å². The van der Waals surface area contributed by atoms with Crippen molar-refractivity contribution in [1.82, 2.24) is 14.5 Å². The molecule has 9 heteroatoms. The summed E-state index contributed by atoms with van der Waals surface area (Å²) in [5.41, 5.74) is -0.135. The predicted octanol–water partition coefficient (Wildman–Crippen LogP) is 4.10. The molecule has 3 rings (SSSR count). The zero-order chi connectivity index (χ0) is 19.7. The van der Waals surface area contributed by atoms with Gasteiger partial charge in [0, 0.05) is 17.7 Å². The first kappa shape index (κ1) is 19.0. The molecule has 2 aromatic heterocycles. The Bertz CT molecular complexity index is 1130. The number of aromatic amines is 1. The number of methoxy groups -OCH3 is 2. The summed E-state index contributed by atoms with van der Waals surface area (Å²) in [5.74, 6) is 0.942. The van der Waals surface area contributed by atoms with Crippen molar-refractivity contribution >= 4 is 23.3 Å². The number of alkyl halides is 2. The van der Waals surface area contributed by atoms with Crippen LogP contribution in [-0.2, 0) is 6.54 Å². The fourth-order valence-electron chi connectivity index (χ4n) is 2.91. The molecule has 0 amide bonds. The third kappa shape index (κ3) is 3.30. The van der Waals surface area contributed by atoms with Crippen molar-refractivity contribution in [1.29, 1.82) is 0 Å². The number of hydrogen-bond donors (Lipinski definition) is 1. The van der Waals surface area contributed by atoms with Gasteiger partial charge in [-0.25, -0.2) is 13.8 Å². The van der Waals surface area contributed by atoms with E-state index in [1.54, 1.807) is 25.1 Å². The lowest BCUT2D eigenvalue weighted by atomic mass is 10.1. The Morgan fingerprint density at radius 1 is 1.22 bits per heavy atom. The first-order valence-electron chi connectivity index (χ1n) is 8.09. The lowest BCUT2D eigenvalue weighted by Crippen LogP contribution is -2.17. The Labute approximate surface area is 158 Å². The highest BCUT2D eigenvalue weighted by Gasteiger charge is 2.20. The van der Waals surface area contributed by atoms with Gasteiger partial charge in [-0.2, -0.15) is 0 Å². The van der Waals surface area contributed by atoms with E-state index in [-0.39, 0.29) is 21.5 Å². The standard InChI is InChI=1S/C18H17F2N3O3S/c1-4-23-16-14(17(24)22-18(23)27)10(15(19)20)8-11(21-16)9-5-6-12(25-2)13(7-9)26-3/h5-8,15H,4H2,1-3H3,(H,22,24,27). The average molecular weight is 393 g/mol. The Morgan fingerprint density at radius 3 is 2.52 bits per heavy atom. The fourth-order valence-corrected chi connectivity index (χ4v) is 3.22. The minimum absolute atomic E-state index is 0.119. The van der Waals surface area contributed by atoms with Crippen molar-refractivity contribution in [2.24, 2.45) is 0 Å². The van der Waals surface area contributed by atoms with Crippen LogP contribution in [0.15, 0.2) is 29.1 Å². The smallest absolute Gasteiger partial charge is 0.264 e. The average Bonchev–Trinajstić information content (AvgIpc) is 2.66. The van der Waals surface area contributed by atoms with Gasteiger partial charge in [-0.15, -0.1) is 0 Å². The first-order valence-corrected chi connectivity index (χ1v) is 8.50. The highest BCUT2D eigenvalue weighted by molar-refractivity contribution is 7.71. The molecule has 0 atom stereocenters. The molecule has 27 heavy (non-hydrogen) atoms. The minimum atomic E-state index is -2.85. The van der Waals surface area contributed by atoms with Gasteiger partial charge in [0.15, 0.2) is 16.3 Å². The molecular formula is C18H17F2N3O3S. The SMILES string of the molecule is CCn1c(=S)[nH]c(=O)c2c(C(F)F)cc(-c3ccc(OC)c(OC)c3)nc21. The maximum atomic E-state index is 13.7. The number of nitrogens with one attached hydrogen (secondary N) is 1. The molecule has 3 aromatic rings. The number of H-pyrrole nitrogens is 1. The van der Waals surface area contributed by atoms with Crippen LogP contribution in [0.1, 0.15) is 18.9 Å². The van der Waals surface area contributed by atoms with Crippen LogP contribution in [0.5, 0.6) is 11.5 Å². The number of fused-ring (bicyclic) bond motifs is 1. The number of hydrogen-bond acceptors (Lipinski definition) is 5. The molecule has 0 bridgehead atoms. The summed E-state index contributed by atoms with van der Waals surface area (Å²) < 4.78 is 39.5. The van der Waals surface area contributed by atoms with Gasteiger partial charge in [0.1, 0.15) is 5.65 Å². The molecule has 1 N–H and O–H groups in total. The number of halogens is 2. The molecule has 1 aromatic carbocycles. The lowest BCUT2D eigenvalue weighted by molar-refractivity contribution is 0.153. The number of nitrogens with zero attached hydrogens (tertiary/aromatic N) is 2. The molecule has 0 radical (unpaired) electrons. The van der Waals surface area contributed by atoms with Crippen molar-refractivity contribution < 1.29 is 18.3 Å². The molecule has 0 spiro atoms. The second kappa shape index (κ2) is 7.43. The van der Waals surface area contributed by atoms with Crippen LogP contribution >= 0.6 is 12.2 Å². The van der Waals surface area contributed by atoms with Crippen LogP contribution in [0.3, 0.4) is 0 Å². The molecule has 142 valence electrons. The van der Waals surface area contributed by atoms with Gasteiger partial charge in [-0.1, -0.05) is 0 Å². The molecule has 0 unspecified atom stereocenters. The summed E-state index contributed by atoms with van der Waals surface area (Å²) >= 11 is 5.15. The second-order valence-corrected chi connectivity index (χ2v) is 6.06. The van der Waals surface area contributed by atoms with E-state index in [9.17, 15) is 13.6 Å². The van der Waals surface area contributed by atoms with Crippen LogP contribution in [0.2, 0.25) is 0 Å². The van der Waals surface area contributed by atoms with E-state index in [4.69, 9.17) is 21.7 Å². The zero-order valence-electron chi connectivity index (χ0n) is 14.9. The normalized spacial score (nSPS) is 11.2. The first-order chi connectivity index (χ1) is 12.9. The number of rotatable bonds is 5. The monoisotopic (exact) mass is 393 g/mol. The topological polar surface area (TPSA) is 69.1 Å². The molecule has 0 aliphatic rings. The Hall–Kier alpha value is -2.81. The van der Waals surface area contributed by atoms with E-state index in [1.165, 1.54) is 24.9 Å². The van der Waals surface area contributed by atoms with Gasteiger partial charge in [0.2, 0.25) is 0 Å². The summed E-state index contributed by atoms with van der Waals surface area (Å²) in [6.07, 6.45) is -2.85. The Balaban J connectivity index is 2.39. The third-order valence-electron chi connectivity index (χ3n) is 4.21. The van der Waals surface area contributed by atoms with Crippen molar-refractivity contribution in [2.75, 3.05) is 14.2 Å². The summed E-state index contributed by atoms with van der Waals surface area (Å²) in [6.45, 7) is 2.16. The quantitative estimate of drug-likeness (QED) is 0.661. The highest BCUT2D eigenvalue weighted by atomic mass is 32.1. The number of aromatic nitrogens is 3. The van der Waals surface area contributed by atoms with Gasteiger partial charge in [0.05, 0.1) is 25.3 Å². The zero-order valence-corrected chi connectivity index (χ0v) is 15.7. The van der Waals surface area contributed by atoms with E-state index in [2.05, 4.69) is 9.97 Å². The number of ether oxygens (including phenoxy) is 2. The number of benzene rings is 1. The molecule has 0 fully saturated rings. The van der Waals surface area contributed by atoms with Gasteiger partial charge in [-0.05, 0) is 43.4 Å². The van der Waals surface area contributed by atoms with Gasteiger partial charge < -0.3 is 14.0 Å². The molecular weight excluding hydrogens is 376 g/mol. The van der Waals surface area contributed by atoms with Crippen molar-refractivity contribution in [2.45, 2.75) is 19.9 Å². The van der Waals surface area contributed by atoms with Crippen LogP contribution in [0.4, 0.5) is 8.78 Å². The number of pyridine rings is 1. The minimum Gasteiger partial charge on any atom is -0.493 e. The summed E-state index contributed by atoms with van der Waals surface area (Å²) in [6, 6.07) is 6.20. The van der Waals surface area contributed by atoms with E-state index in [1.807, 2.05) is 0 Å². The van der Waals surface area contributed by atoms with Gasteiger partial charge in [-0.3, -0.25) is 9.78 Å². The van der Waals surface area contributed by atoms with E-state index in [0.717, 1.165) is 0 Å². The summed E-state index contributed by atoms with van der Waals surface area (Å²) in [4.78, 5) is 19.2. The molecule has 0 aliphatic carbocycles. The van der Waals surface area contributed by atoms with Crippen molar-refractivity contribution in [3.63, 3.8) is 0 Å². The Kier molecular flexibility index (Phi) is 5.22. The third-order valence-corrected chi connectivity index (χ3v) is 4.53. The predicted molar refractivity (Wildman–Crippen MR) is 100 cm³/mol. The summed E-state index contributed by atoms with van der Waals surface area (Å²) in [5, 5.41) is -0.162. The van der Waals surface area contributed by atoms with Crippen LogP contribution in [0.25, 0.3) is 22.3 Å². The molecule has 0 aliphatic heterocycles. The Morgan fingerprint density at radius 2 is 1.93 bits per heavy atom. The maximum absolute atomic E-state index is 13.7. The highest BCUT2D eigenvalue weighted by Crippen LogP contribution is 2.34. The van der Waals surface area contributed by atoms with Gasteiger partial charge in [0.25, 0.3) is 12.0 Å². The van der Waals surface area contributed by atoms with Crippen molar-refractivity contribution in [3.8, 4) is 22.8 Å². The number of aryl methyl sites for hydroxylation is 1. The fraction of sp³-hybridized carbons (Fsp3) is 0.278. The lowest BCUT2D eigenvalue weighted by Gasteiger charge is -2.14. The molecule has 0 saturated carbocycles. The molecule has 2 heterocycles. The molecule has 6 nitrogen and oxygen atoms in total. The van der Waals surface area contributed by atoms with Gasteiger partial charge >= 0.3 is 0 Å². The van der Waals surface area contributed by atoms with Crippen LogP contribution in [0, 0.1) is 4.77 Å². The summed E-state index contributed by atoms with van der Waals surface area (Å²) in [7, 11) is 2.98. The second-order valence-electron chi connectivity index (χ2n) is 5.67.